The van der Waals surface area contributed by atoms with Gasteiger partial charge in [0.25, 0.3) is 0 Å². The van der Waals surface area contributed by atoms with Gasteiger partial charge < -0.3 is 9.47 Å². The second-order valence-electron chi connectivity index (χ2n) is 5.43. The highest BCUT2D eigenvalue weighted by molar-refractivity contribution is 6.17. The summed E-state index contributed by atoms with van der Waals surface area (Å²) in [5.41, 5.74) is 1.28. The largest absolute Gasteiger partial charge is 0.497 e. The van der Waals surface area contributed by atoms with Crippen LogP contribution in [-0.4, -0.2) is 19.6 Å². The summed E-state index contributed by atoms with van der Waals surface area (Å²) in [4.78, 5) is 0. The Morgan fingerprint density at radius 1 is 1.00 bits per heavy atom. The number of halogens is 1. The first-order valence-corrected chi connectivity index (χ1v) is 8.62. The molecule has 0 amide bonds. The molecule has 0 aromatic heterocycles. The molecule has 0 radical (unpaired) electrons. The fourth-order valence-electron chi connectivity index (χ4n) is 2.71. The summed E-state index contributed by atoms with van der Waals surface area (Å²) < 4.78 is 11.3. The first-order valence-electron chi connectivity index (χ1n) is 8.08. The van der Waals surface area contributed by atoms with E-state index in [4.69, 9.17) is 21.1 Å². The molecule has 0 heterocycles. The third-order valence-corrected chi connectivity index (χ3v) is 4.20. The second-order valence-corrected chi connectivity index (χ2v) is 5.81. The average Bonchev–Trinajstić information content (AvgIpc) is 2.57. The maximum Gasteiger partial charge on any atom is 0.123 e. The summed E-state index contributed by atoms with van der Waals surface area (Å²) in [7, 11) is 1.70. The summed E-state index contributed by atoms with van der Waals surface area (Å²) in [6, 6.07) is 10.4. The van der Waals surface area contributed by atoms with Crippen LogP contribution in [0.15, 0.2) is 30.3 Å². The number of ether oxygens (including phenoxy) is 2. The van der Waals surface area contributed by atoms with Crippen LogP contribution in [0.1, 0.15) is 38.2 Å². The van der Waals surface area contributed by atoms with Gasteiger partial charge in [0, 0.05) is 11.4 Å². The van der Waals surface area contributed by atoms with E-state index in [0.717, 1.165) is 43.2 Å². The van der Waals surface area contributed by atoms with E-state index in [1.807, 2.05) is 6.07 Å². The van der Waals surface area contributed by atoms with Crippen molar-refractivity contribution in [2.45, 2.75) is 39.0 Å². The highest BCUT2D eigenvalue weighted by Crippen LogP contribution is 2.31. The first kappa shape index (κ1) is 17.0. The zero-order chi connectivity index (χ0) is 15.8. The second kappa shape index (κ2) is 8.89. The highest BCUT2D eigenvalue weighted by atomic mass is 35.5. The highest BCUT2D eigenvalue weighted by Gasteiger charge is 2.08. The molecular weight excluding hydrogens is 296 g/mol. The summed E-state index contributed by atoms with van der Waals surface area (Å²) in [5.74, 6) is 2.66. The Kier molecular flexibility index (Phi) is 6.85. The third-order valence-electron chi connectivity index (χ3n) is 3.93. The van der Waals surface area contributed by atoms with Gasteiger partial charge in [0.1, 0.15) is 11.5 Å². The predicted molar refractivity (Wildman–Crippen MR) is 94.6 cm³/mol. The molecule has 3 heteroatoms. The Balaban J connectivity index is 2.06. The number of unbranched alkanes of at least 4 members (excludes halogenated alkanes) is 3. The molecule has 0 saturated carbocycles. The topological polar surface area (TPSA) is 18.5 Å². The first-order chi connectivity index (χ1) is 10.8. The number of methoxy groups -OCH3 is 1. The van der Waals surface area contributed by atoms with E-state index in [-0.39, 0.29) is 0 Å². The molecular formula is C19H25ClO2. The molecule has 2 rings (SSSR count). The smallest absolute Gasteiger partial charge is 0.123 e. The van der Waals surface area contributed by atoms with Gasteiger partial charge in [-0.3, -0.25) is 0 Å². The minimum Gasteiger partial charge on any atom is -0.497 e. The monoisotopic (exact) mass is 320 g/mol. The molecule has 0 spiro atoms. The molecule has 0 fully saturated rings. The third kappa shape index (κ3) is 4.30. The minimum absolute atomic E-state index is 0.759. The molecule has 120 valence electrons. The standard InChI is InChI=1S/C19H25ClO2/c1-3-17-18-10-9-16(21-2)14-15(18)8-11-19(17)22-13-7-5-4-6-12-20/h8-11,14H,3-7,12-13H2,1-2H3. The number of hydrogen-bond acceptors (Lipinski definition) is 2. The van der Waals surface area contributed by atoms with E-state index in [9.17, 15) is 0 Å². The number of benzene rings is 2. The molecule has 0 bridgehead atoms. The van der Waals surface area contributed by atoms with Gasteiger partial charge in [-0.2, -0.15) is 0 Å². The fourth-order valence-corrected chi connectivity index (χ4v) is 2.90. The molecule has 0 unspecified atom stereocenters. The Morgan fingerprint density at radius 2 is 1.82 bits per heavy atom. The van der Waals surface area contributed by atoms with Crippen molar-refractivity contribution in [1.29, 1.82) is 0 Å². The predicted octanol–water partition coefficient (Wildman–Crippen LogP) is 5.59. The summed E-state index contributed by atoms with van der Waals surface area (Å²) in [6.07, 6.45) is 5.51. The van der Waals surface area contributed by atoms with E-state index in [2.05, 4.69) is 31.2 Å². The lowest BCUT2D eigenvalue weighted by Gasteiger charge is -2.14. The van der Waals surface area contributed by atoms with Gasteiger partial charge in [0.05, 0.1) is 13.7 Å². The van der Waals surface area contributed by atoms with Crippen LogP contribution in [-0.2, 0) is 6.42 Å². The Bertz CT molecular complexity index is 595. The van der Waals surface area contributed by atoms with Crippen LogP contribution in [0.3, 0.4) is 0 Å². The number of aryl methyl sites for hydroxylation is 1. The van der Waals surface area contributed by atoms with Crippen molar-refractivity contribution in [3.8, 4) is 11.5 Å². The van der Waals surface area contributed by atoms with Crippen molar-refractivity contribution in [2.75, 3.05) is 19.6 Å². The van der Waals surface area contributed by atoms with Gasteiger partial charge >= 0.3 is 0 Å². The van der Waals surface area contributed by atoms with Gasteiger partial charge in [0.2, 0.25) is 0 Å². The Morgan fingerprint density at radius 3 is 2.55 bits per heavy atom. The van der Waals surface area contributed by atoms with Crippen LogP contribution in [0.2, 0.25) is 0 Å². The van der Waals surface area contributed by atoms with Gasteiger partial charge in [0.15, 0.2) is 0 Å². The molecule has 0 saturated heterocycles. The van der Waals surface area contributed by atoms with E-state index in [1.54, 1.807) is 7.11 Å². The van der Waals surface area contributed by atoms with Crippen molar-refractivity contribution >= 4 is 22.4 Å². The summed E-state index contributed by atoms with van der Waals surface area (Å²) in [5, 5.41) is 2.45. The lowest BCUT2D eigenvalue weighted by Crippen LogP contribution is -2.00. The van der Waals surface area contributed by atoms with Gasteiger partial charge in [-0.25, -0.2) is 0 Å². The fraction of sp³-hybridized carbons (Fsp3) is 0.474. The molecule has 2 aromatic rings. The van der Waals surface area contributed by atoms with Crippen LogP contribution in [0, 0.1) is 0 Å². The van der Waals surface area contributed by atoms with E-state index in [1.165, 1.54) is 29.2 Å². The number of rotatable bonds is 9. The van der Waals surface area contributed by atoms with Gasteiger partial charge in [-0.1, -0.05) is 31.9 Å². The molecule has 0 atom stereocenters. The van der Waals surface area contributed by atoms with E-state index < -0.39 is 0 Å². The number of hydrogen-bond donors (Lipinski definition) is 0. The van der Waals surface area contributed by atoms with E-state index in [0.29, 0.717) is 0 Å². The minimum atomic E-state index is 0.759. The van der Waals surface area contributed by atoms with Crippen LogP contribution in [0.25, 0.3) is 10.8 Å². The Hall–Kier alpha value is -1.41. The van der Waals surface area contributed by atoms with Crippen LogP contribution in [0.4, 0.5) is 0 Å². The van der Waals surface area contributed by atoms with Crippen LogP contribution >= 0.6 is 11.6 Å². The van der Waals surface area contributed by atoms with Crippen LogP contribution < -0.4 is 9.47 Å². The zero-order valence-corrected chi connectivity index (χ0v) is 14.3. The quantitative estimate of drug-likeness (QED) is 0.443. The molecule has 2 aromatic carbocycles. The summed E-state index contributed by atoms with van der Waals surface area (Å²) >= 11 is 5.69. The van der Waals surface area contributed by atoms with Gasteiger partial charge in [-0.05, 0) is 48.2 Å². The molecule has 0 aliphatic heterocycles. The van der Waals surface area contributed by atoms with Crippen molar-refractivity contribution in [3.63, 3.8) is 0 Å². The molecule has 0 aliphatic carbocycles. The van der Waals surface area contributed by atoms with Crippen molar-refractivity contribution in [1.82, 2.24) is 0 Å². The maximum atomic E-state index is 6.01. The van der Waals surface area contributed by atoms with E-state index >= 15 is 0 Å². The number of fused-ring (bicyclic) bond motifs is 1. The van der Waals surface area contributed by atoms with Crippen molar-refractivity contribution < 1.29 is 9.47 Å². The summed E-state index contributed by atoms with van der Waals surface area (Å²) in [6.45, 7) is 2.95. The lowest BCUT2D eigenvalue weighted by molar-refractivity contribution is 0.303. The Labute approximate surface area is 138 Å². The van der Waals surface area contributed by atoms with Crippen molar-refractivity contribution in [3.05, 3.63) is 35.9 Å². The lowest BCUT2D eigenvalue weighted by atomic mass is 10.0. The van der Waals surface area contributed by atoms with Crippen LogP contribution in [0.5, 0.6) is 11.5 Å². The normalized spacial score (nSPS) is 10.9. The van der Waals surface area contributed by atoms with Crippen molar-refractivity contribution in [2.24, 2.45) is 0 Å². The SMILES string of the molecule is CCc1c(OCCCCCCCl)ccc2cc(OC)ccc12. The molecule has 22 heavy (non-hydrogen) atoms. The molecule has 0 aliphatic rings. The zero-order valence-electron chi connectivity index (χ0n) is 13.5. The average molecular weight is 321 g/mol. The molecule has 0 N–H and O–H groups in total. The van der Waals surface area contributed by atoms with Gasteiger partial charge in [-0.15, -0.1) is 11.6 Å². The molecule has 2 nitrogen and oxygen atoms in total. The maximum absolute atomic E-state index is 6.01. The number of alkyl halides is 1.